The number of rotatable bonds is 13. The van der Waals surface area contributed by atoms with Gasteiger partial charge in [-0.25, -0.2) is 0 Å². The van der Waals surface area contributed by atoms with Crippen molar-refractivity contribution in [2.75, 3.05) is 0 Å². The van der Waals surface area contributed by atoms with Crippen molar-refractivity contribution >= 4 is 11.8 Å². The molecule has 0 amide bonds. The van der Waals surface area contributed by atoms with Gasteiger partial charge in [-0.2, -0.15) is 0 Å². The fourth-order valence-electron chi connectivity index (χ4n) is 4.26. The van der Waals surface area contributed by atoms with Gasteiger partial charge >= 0.3 is 5.97 Å². The molecule has 2 saturated carbocycles. The minimum Gasteiger partial charge on any atom is -0.481 e. The van der Waals surface area contributed by atoms with Crippen molar-refractivity contribution in [1.29, 1.82) is 0 Å². The lowest BCUT2D eigenvalue weighted by Crippen LogP contribution is -2.30. The summed E-state index contributed by atoms with van der Waals surface area (Å²) in [5, 5.41) is 29.9. The lowest BCUT2D eigenvalue weighted by atomic mass is 9.86. The van der Waals surface area contributed by atoms with Crippen molar-refractivity contribution in [3.63, 3.8) is 0 Å². The largest absolute Gasteiger partial charge is 0.481 e. The van der Waals surface area contributed by atoms with Crippen molar-refractivity contribution in [3.8, 4) is 0 Å². The zero-order chi connectivity index (χ0) is 20.6. The molecule has 0 spiro atoms. The van der Waals surface area contributed by atoms with Gasteiger partial charge in [0.2, 0.25) is 0 Å². The molecule has 0 radical (unpaired) electrons. The van der Waals surface area contributed by atoms with Gasteiger partial charge in [-0.05, 0) is 50.9 Å². The van der Waals surface area contributed by atoms with E-state index in [1.54, 1.807) is 0 Å². The van der Waals surface area contributed by atoms with E-state index in [-0.39, 0.29) is 30.5 Å². The molecule has 2 aliphatic carbocycles. The van der Waals surface area contributed by atoms with E-state index in [1.807, 2.05) is 24.3 Å². The van der Waals surface area contributed by atoms with Crippen LogP contribution in [-0.2, 0) is 9.59 Å². The summed E-state index contributed by atoms with van der Waals surface area (Å²) in [6.45, 7) is 2.13. The fourth-order valence-corrected chi connectivity index (χ4v) is 4.26. The quantitative estimate of drug-likeness (QED) is 0.325. The number of carbonyl (C=O) groups is 2. The molecule has 2 fully saturated rings. The molecule has 0 aromatic heterocycles. The highest BCUT2D eigenvalue weighted by atomic mass is 16.4. The van der Waals surface area contributed by atoms with Crippen molar-refractivity contribution in [1.82, 2.24) is 0 Å². The summed E-state index contributed by atoms with van der Waals surface area (Å²) in [5.41, 5.74) is -0.639. The van der Waals surface area contributed by atoms with E-state index in [4.69, 9.17) is 5.11 Å². The zero-order valence-corrected chi connectivity index (χ0v) is 17.1. The molecule has 28 heavy (non-hydrogen) atoms. The van der Waals surface area contributed by atoms with Gasteiger partial charge in [0, 0.05) is 24.7 Å². The maximum absolute atomic E-state index is 12.3. The molecule has 0 aromatic carbocycles. The molecular weight excluding hydrogens is 356 g/mol. The SMILES string of the molecule is CCCCC(O)(C/C=C/[C@H]1[C@H](O)CC(=O)[C@@H]1C/C=C\CCCC(=O)O)C1CC1. The van der Waals surface area contributed by atoms with Crippen LogP contribution in [0.5, 0.6) is 0 Å². The first kappa shape index (κ1) is 22.8. The average Bonchev–Trinajstić information content (AvgIpc) is 3.45. The van der Waals surface area contributed by atoms with Gasteiger partial charge in [-0.3, -0.25) is 9.59 Å². The smallest absolute Gasteiger partial charge is 0.303 e. The van der Waals surface area contributed by atoms with Gasteiger partial charge in [0.15, 0.2) is 0 Å². The van der Waals surface area contributed by atoms with Crippen LogP contribution in [0, 0.1) is 17.8 Å². The van der Waals surface area contributed by atoms with Gasteiger partial charge in [-0.1, -0.05) is 44.1 Å². The average molecular weight is 393 g/mol. The number of aliphatic carboxylic acids is 1. The molecule has 3 N–H and O–H groups in total. The number of carbonyl (C=O) groups excluding carboxylic acids is 1. The summed E-state index contributed by atoms with van der Waals surface area (Å²) >= 11 is 0. The number of allylic oxidation sites excluding steroid dienone is 2. The Kier molecular flexibility index (Phi) is 8.90. The predicted octanol–water partition coefficient (Wildman–Crippen LogP) is 4.03. The maximum Gasteiger partial charge on any atom is 0.303 e. The topological polar surface area (TPSA) is 94.8 Å². The predicted molar refractivity (Wildman–Crippen MR) is 109 cm³/mol. The first-order valence-corrected chi connectivity index (χ1v) is 10.8. The summed E-state index contributed by atoms with van der Waals surface area (Å²) < 4.78 is 0. The second-order valence-corrected chi connectivity index (χ2v) is 8.53. The number of carboxylic acids is 1. The van der Waals surface area contributed by atoms with Crippen LogP contribution in [0.2, 0.25) is 0 Å². The van der Waals surface area contributed by atoms with Crippen LogP contribution >= 0.6 is 0 Å². The maximum atomic E-state index is 12.3. The number of Topliss-reactive ketones (excluding diaryl/α,β-unsaturated/α-hetero) is 1. The molecule has 5 heteroatoms. The first-order valence-electron chi connectivity index (χ1n) is 10.8. The Morgan fingerprint density at radius 3 is 2.61 bits per heavy atom. The van der Waals surface area contributed by atoms with Crippen molar-refractivity contribution in [3.05, 3.63) is 24.3 Å². The van der Waals surface area contributed by atoms with E-state index in [0.717, 1.165) is 32.1 Å². The van der Waals surface area contributed by atoms with Crippen molar-refractivity contribution in [2.24, 2.45) is 17.8 Å². The lowest BCUT2D eigenvalue weighted by Gasteiger charge is -2.27. The van der Waals surface area contributed by atoms with Crippen molar-refractivity contribution < 1.29 is 24.9 Å². The first-order chi connectivity index (χ1) is 13.4. The molecule has 0 saturated heterocycles. The fraction of sp³-hybridized carbons (Fsp3) is 0.739. The molecule has 2 aliphatic rings. The third kappa shape index (κ3) is 6.85. The van der Waals surface area contributed by atoms with Gasteiger partial charge in [0.05, 0.1) is 11.7 Å². The Labute approximate surface area is 168 Å². The third-order valence-electron chi connectivity index (χ3n) is 6.18. The Hall–Kier alpha value is -1.46. The molecule has 5 nitrogen and oxygen atoms in total. The summed E-state index contributed by atoms with van der Waals surface area (Å²) in [6, 6.07) is 0. The normalized spacial score (nSPS) is 27.7. The van der Waals surface area contributed by atoms with Crippen LogP contribution in [0.25, 0.3) is 0 Å². The van der Waals surface area contributed by atoms with Crippen LogP contribution in [0.4, 0.5) is 0 Å². The minimum atomic E-state index is -0.794. The number of aliphatic hydroxyl groups is 2. The van der Waals surface area contributed by atoms with Gasteiger partial charge in [0.1, 0.15) is 5.78 Å². The standard InChI is InChI=1S/C23H36O5/c1-2-3-14-23(28,17-12-13-17)15-8-10-19-18(20(24)16-21(19)25)9-6-4-5-7-11-22(26)27/h4,6,8,10,17-19,21,25,28H,2-3,5,7,9,11-16H2,1H3,(H,26,27)/b6-4-,10-8+/t18-,19-,21-,23?/m1/s1. The Morgan fingerprint density at radius 1 is 1.21 bits per heavy atom. The highest BCUT2D eigenvalue weighted by Crippen LogP contribution is 2.44. The monoisotopic (exact) mass is 392 g/mol. The Balaban J connectivity index is 1.88. The number of carboxylic acid groups (broad SMARTS) is 1. The number of hydrogen-bond acceptors (Lipinski definition) is 4. The molecule has 0 aromatic rings. The highest BCUT2D eigenvalue weighted by Gasteiger charge is 2.43. The molecule has 158 valence electrons. The van der Waals surface area contributed by atoms with E-state index >= 15 is 0 Å². The van der Waals surface area contributed by atoms with Crippen molar-refractivity contribution in [2.45, 2.75) is 89.3 Å². The Bertz CT molecular complexity index is 578. The summed E-state index contributed by atoms with van der Waals surface area (Å²) in [6.07, 6.45) is 15.0. The molecule has 0 bridgehead atoms. The molecule has 1 unspecified atom stereocenters. The Morgan fingerprint density at radius 2 is 1.96 bits per heavy atom. The molecule has 4 atom stereocenters. The molecular formula is C23H36O5. The van der Waals surface area contributed by atoms with E-state index in [0.29, 0.717) is 31.6 Å². The van der Waals surface area contributed by atoms with E-state index in [2.05, 4.69) is 6.92 Å². The van der Waals surface area contributed by atoms with Crippen LogP contribution in [0.1, 0.15) is 77.6 Å². The van der Waals surface area contributed by atoms with Crippen LogP contribution in [0.15, 0.2) is 24.3 Å². The summed E-state index contributed by atoms with van der Waals surface area (Å²) in [5.74, 6) is -0.751. The second-order valence-electron chi connectivity index (χ2n) is 8.53. The van der Waals surface area contributed by atoms with Crippen LogP contribution in [-0.4, -0.2) is 38.8 Å². The van der Waals surface area contributed by atoms with E-state index in [1.165, 1.54) is 0 Å². The lowest BCUT2D eigenvalue weighted by molar-refractivity contribution is -0.137. The van der Waals surface area contributed by atoms with Gasteiger partial charge < -0.3 is 15.3 Å². The zero-order valence-electron chi connectivity index (χ0n) is 17.1. The van der Waals surface area contributed by atoms with E-state index < -0.39 is 17.7 Å². The number of unbranched alkanes of at least 4 members (excludes halogenated alkanes) is 2. The summed E-state index contributed by atoms with van der Waals surface area (Å²) in [4.78, 5) is 22.8. The van der Waals surface area contributed by atoms with E-state index in [9.17, 15) is 19.8 Å². The molecule has 0 heterocycles. The second kappa shape index (κ2) is 10.9. The van der Waals surface area contributed by atoms with Crippen LogP contribution < -0.4 is 0 Å². The minimum absolute atomic E-state index is 0.0840. The number of aliphatic hydroxyl groups excluding tert-OH is 1. The summed E-state index contributed by atoms with van der Waals surface area (Å²) in [7, 11) is 0. The molecule has 2 rings (SSSR count). The van der Waals surface area contributed by atoms with Gasteiger partial charge in [-0.15, -0.1) is 0 Å². The van der Waals surface area contributed by atoms with Gasteiger partial charge in [0.25, 0.3) is 0 Å². The third-order valence-corrected chi connectivity index (χ3v) is 6.18. The number of hydrogen-bond donors (Lipinski definition) is 3. The molecule has 0 aliphatic heterocycles. The number of ketones is 1. The van der Waals surface area contributed by atoms with Crippen LogP contribution in [0.3, 0.4) is 0 Å². The highest BCUT2D eigenvalue weighted by molar-refractivity contribution is 5.84.